The summed E-state index contributed by atoms with van der Waals surface area (Å²) in [7, 11) is 0. The van der Waals surface area contributed by atoms with E-state index in [1.54, 1.807) is 6.33 Å². The van der Waals surface area contributed by atoms with Crippen LogP contribution in [0.3, 0.4) is 0 Å². The summed E-state index contributed by atoms with van der Waals surface area (Å²) in [6.07, 6.45) is 11.9. The SMILES string of the molecule is CC1CCCC(C)N1CCNC(=O)C1CCN(c2ncnc3c2nc2n3CCCCC2)CC1. The fourth-order valence-corrected chi connectivity index (χ4v) is 6.08. The molecule has 1 N–H and O–H groups in total. The Morgan fingerprint density at radius 1 is 1.00 bits per heavy atom. The number of piperidine rings is 2. The number of nitrogens with zero attached hydrogens (tertiary/aromatic N) is 6. The van der Waals surface area contributed by atoms with Crippen molar-refractivity contribution in [2.75, 3.05) is 31.1 Å². The van der Waals surface area contributed by atoms with E-state index in [1.165, 1.54) is 38.5 Å². The molecule has 5 heterocycles. The Balaban J connectivity index is 1.17. The van der Waals surface area contributed by atoms with E-state index in [2.05, 4.69) is 43.5 Å². The molecule has 2 saturated heterocycles. The van der Waals surface area contributed by atoms with Gasteiger partial charge in [0.1, 0.15) is 12.2 Å². The minimum Gasteiger partial charge on any atom is -0.355 e. The Hall–Kier alpha value is -2.22. The molecular weight excluding hydrogens is 414 g/mol. The van der Waals surface area contributed by atoms with Gasteiger partial charge in [0, 0.05) is 57.1 Å². The second-order valence-corrected chi connectivity index (χ2v) is 10.3. The standard InChI is InChI=1S/C25H39N7O/c1-18-7-6-8-19(2)31(18)16-12-26-25(33)20-10-14-30(15-11-20)23-22-24(28-17-27-23)32-13-5-3-4-9-21(32)29-22/h17-20H,3-16H2,1-2H3,(H,26,33). The van der Waals surface area contributed by atoms with Crippen molar-refractivity contribution in [1.82, 2.24) is 29.7 Å². The van der Waals surface area contributed by atoms with Crippen LogP contribution in [0.15, 0.2) is 6.33 Å². The number of hydrogen-bond acceptors (Lipinski definition) is 6. The van der Waals surface area contributed by atoms with Gasteiger partial charge in [-0.25, -0.2) is 15.0 Å². The molecule has 2 fully saturated rings. The number of rotatable bonds is 5. The van der Waals surface area contributed by atoms with Crippen LogP contribution in [0.1, 0.15) is 71.0 Å². The molecule has 8 nitrogen and oxygen atoms in total. The number of aryl methyl sites for hydroxylation is 2. The van der Waals surface area contributed by atoms with E-state index in [-0.39, 0.29) is 11.8 Å². The van der Waals surface area contributed by atoms with Crippen LogP contribution in [0.25, 0.3) is 11.2 Å². The van der Waals surface area contributed by atoms with Crippen LogP contribution in [-0.4, -0.2) is 68.6 Å². The van der Waals surface area contributed by atoms with Gasteiger partial charge >= 0.3 is 0 Å². The summed E-state index contributed by atoms with van der Waals surface area (Å²) in [6.45, 7) is 9.01. The zero-order valence-corrected chi connectivity index (χ0v) is 20.3. The number of carbonyl (C=O) groups excluding carboxylic acids is 1. The van der Waals surface area contributed by atoms with Crippen molar-refractivity contribution in [2.45, 2.75) is 90.3 Å². The van der Waals surface area contributed by atoms with Gasteiger partial charge in [-0.3, -0.25) is 9.69 Å². The van der Waals surface area contributed by atoms with Gasteiger partial charge in [0.2, 0.25) is 5.91 Å². The second-order valence-electron chi connectivity index (χ2n) is 10.3. The molecule has 8 heteroatoms. The summed E-state index contributed by atoms with van der Waals surface area (Å²) in [4.78, 5) is 31.8. The van der Waals surface area contributed by atoms with Crippen molar-refractivity contribution >= 4 is 22.9 Å². The zero-order valence-electron chi connectivity index (χ0n) is 20.3. The number of aromatic nitrogens is 4. The predicted molar refractivity (Wildman–Crippen MR) is 130 cm³/mol. The van der Waals surface area contributed by atoms with Crippen LogP contribution < -0.4 is 10.2 Å². The van der Waals surface area contributed by atoms with Crippen LogP contribution in [0, 0.1) is 5.92 Å². The van der Waals surface area contributed by atoms with Gasteiger partial charge in [0.15, 0.2) is 17.0 Å². The summed E-state index contributed by atoms with van der Waals surface area (Å²) in [6, 6.07) is 1.24. The first-order chi connectivity index (χ1) is 16.1. The third kappa shape index (κ3) is 4.72. The average Bonchev–Trinajstić information content (AvgIpc) is 3.02. The van der Waals surface area contributed by atoms with E-state index in [4.69, 9.17) is 4.98 Å². The molecule has 0 aromatic carbocycles. The van der Waals surface area contributed by atoms with E-state index in [9.17, 15) is 4.79 Å². The molecule has 5 rings (SSSR count). The Morgan fingerprint density at radius 3 is 2.58 bits per heavy atom. The average molecular weight is 454 g/mol. The van der Waals surface area contributed by atoms with E-state index in [0.29, 0.717) is 12.1 Å². The van der Waals surface area contributed by atoms with Crippen molar-refractivity contribution in [1.29, 1.82) is 0 Å². The number of imidazole rings is 1. The van der Waals surface area contributed by atoms with Crippen molar-refractivity contribution in [3.05, 3.63) is 12.2 Å². The maximum atomic E-state index is 12.8. The highest BCUT2D eigenvalue weighted by Crippen LogP contribution is 2.29. The number of anilines is 1. The molecule has 0 saturated carbocycles. The van der Waals surface area contributed by atoms with Crippen molar-refractivity contribution in [2.24, 2.45) is 5.92 Å². The van der Waals surface area contributed by atoms with E-state index in [0.717, 1.165) is 74.8 Å². The molecule has 2 atom stereocenters. The molecule has 0 radical (unpaired) electrons. The molecule has 3 aliphatic heterocycles. The molecule has 3 aliphatic rings. The first-order valence-electron chi connectivity index (χ1n) is 13.1. The van der Waals surface area contributed by atoms with Gasteiger partial charge in [-0.15, -0.1) is 0 Å². The summed E-state index contributed by atoms with van der Waals surface area (Å²) in [5, 5.41) is 3.22. The van der Waals surface area contributed by atoms with Crippen LogP contribution in [0.5, 0.6) is 0 Å². The summed E-state index contributed by atoms with van der Waals surface area (Å²) < 4.78 is 2.29. The molecule has 0 aliphatic carbocycles. The lowest BCUT2D eigenvalue weighted by Crippen LogP contribution is -2.48. The summed E-state index contributed by atoms with van der Waals surface area (Å²) in [5.74, 6) is 2.39. The fraction of sp³-hybridized carbons (Fsp3) is 0.760. The maximum Gasteiger partial charge on any atom is 0.223 e. The fourth-order valence-electron chi connectivity index (χ4n) is 6.08. The van der Waals surface area contributed by atoms with Gasteiger partial charge in [0.05, 0.1) is 0 Å². The van der Waals surface area contributed by atoms with Crippen LogP contribution in [0.4, 0.5) is 5.82 Å². The largest absolute Gasteiger partial charge is 0.355 e. The van der Waals surface area contributed by atoms with Gasteiger partial charge in [-0.05, 0) is 52.4 Å². The minimum atomic E-state index is 0.0912. The lowest BCUT2D eigenvalue weighted by molar-refractivity contribution is -0.125. The third-order valence-electron chi connectivity index (χ3n) is 8.08. The minimum absolute atomic E-state index is 0.0912. The van der Waals surface area contributed by atoms with Gasteiger partial charge < -0.3 is 14.8 Å². The van der Waals surface area contributed by atoms with Gasteiger partial charge in [-0.1, -0.05) is 12.8 Å². The summed E-state index contributed by atoms with van der Waals surface area (Å²) >= 11 is 0. The predicted octanol–water partition coefficient (Wildman–Crippen LogP) is 3.15. The second kappa shape index (κ2) is 9.95. The Kier molecular flexibility index (Phi) is 6.81. The molecule has 0 spiro atoms. The normalized spacial score (nSPS) is 25.1. The molecule has 2 unspecified atom stereocenters. The molecule has 33 heavy (non-hydrogen) atoms. The highest BCUT2D eigenvalue weighted by molar-refractivity contribution is 5.84. The Labute approximate surface area is 197 Å². The number of amides is 1. The van der Waals surface area contributed by atoms with Gasteiger partial charge in [0.25, 0.3) is 0 Å². The van der Waals surface area contributed by atoms with Crippen LogP contribution in [0.2, 0.25) is 0 Å². The summed E-state index contributed by atoms with van der Waals surface area (Å²) in [5.41, 5.74) is 1.90. The quantitative estimate of drug-likeness (QED) is 0.749. The molecule has 1 amide bonds. The first kappa shape index (κ1) is 22.6. The maximum absolute atomic E-state index is 12.8. The van der Waals surface area contributed by atoms with E-state index in [1.807, 2.05) is 0 Å². The lowest BCUT2D eigenvalue weighted by atomic mass is 9.95. The number of hydrogen-bond donors (Lipinski definition) is 1. The highest BCUT2D eigenvalue weighted by atomic mass is 16.1. The van der Waals surface area contributed by atoms with Crippen molar-refractivity contribution < 1.29 is 4.79 Å². The first-order valence-corrected chi connectivity index (χ1v) is 13.1. The topological polar surface area (TPSA) is 79.2 Å². The van der Waals surface area contributed by atoms with Crippen molar-refractivity contribution in [3.63, 3.8) is 0 Å². The number of fused-ring (bicyclic) bond motifs is 3. The monoisotopic (exact) mass is 453 g/mol. The van der Waals surface area contributed by atoms with E-state index >= 15 is 0 Å². The van der Waals surface area contributed by atoms with Crippen LogP contribution >= 0.6 is 0 Å². The third-order valence-corrected chi connectivity index (χ3v) is 8.08. The lowest BCUT2D eigenvalue weighted by Gasteiger charge is -2.39. The smallest absolute Gasteiger partial charge is 0.223 e. The van der Waals surface area contributed by atoms with Crippen molar-refractivity contribution in [3.8, 4) is 0 Å². The van der Waals surface area contributed by atoms with Gasteiger partial charge in [-0.2, -0.15) is 0 Å². The molecular formula is C25H39N7O. The molecule has 2 aromatic heterocycles. The number of likely N-dealkylation sites (tertiary alicyclic amines) is 1. The van der Waals surface area contributed by atoms with Crippen LogP contribution in [-0.2, 0) is 17.8 Å². The zero-order chi connectivity index (χ0) is 22.8. The molecule has 180 valence electrons. The highest BCUT2D eigenvalue weighted by Gasteiger charge is 2.29. The molecule has 2 aromatic rings. The number of carbonyl (C=O) groups is 1. The Bertz CT molecular complexity index is 955. The van der Waals surface area contributed by atoms with E-state index < -0.39 is 0 Å². The number of nitrogens with one attached hydrogen (secondary N) is 1. The Morgan fingerprint density at radius 2 is 1.79 bits per heavy atom. The molecule has 0 bridgehead atoms.